The highest BCUT2D eigenvalue weighted by Crippen LogP contribution is 2.19. The summed E-state index contributed by atoms with van der Waals surface area (Å²) < 4.78 is 0. The maximum Gasteiger partial charge on any atom is 0.259 e. The molecule has 1 amide bonds. The largest absolute Gasteiger partial charge is 0.385 e. The van der Waals surface area contributed by atoms with Crippen LogP contribution in [0, 0.1) is 20.8 Å². The molecule has 1 aromatic carbocycles. The summed E-state index contributed by atoms with van der Waals surface area (Å²) in [7, 11) is 0. The summed E-state index contributed by atoms with van der Waals surface area (Å²) in [5.41, 5.74) is 5.31. The van der Waals surface area contributed by atoms with Gasteiger partial charge in [-0.1, -0.05) is 6.07 Å². The van der Waals surface area contributed by atoms with E-state index in [1.165, 1.54) is 0 Å². The van der Waals surface area contributed by atoms with E-state index in [-0.39, 0.29) is 5.91 Å². The second kappa shape index (κ2) is 6.39. The average Bonchev–Trinajstić information content (AvgIpc) is 2.37. The van der Waals surface area contributed by atoms with E-state index < -0.39 is 0 Å². The van der Waals surface area contributed by atoms with E-state index >= 15 is 0 Å². The third kappa shape index (κ3) is 3.81. The summed E-state index contributed by atoms with van der Waals surface area (Å²) in [6.07, 6.45) is 1.62. The van der Waals surface area contributed by atoms with Crippen LogP contribution in [0.2, 0.25) is 0 Å². The number of anilines is 2. The topological polar surface area (TPSA) is 54.0 Å². The average molecular weight is 283 g/mol. The molecule has 0 aliphatic heterocycles. The first-order valence-corrected chi connectivity index (χ1v) is 7.09. The standard InChI is InChI=1S/C17H21N3O/c1-5-18-16-9-13(4)19-10-15(16)17(21)20-14-7-11(2)6-12(3)8-14/h6-10H,5H2,1-4H3,(H,18,19)(H,20,21). The van der Waals surface area contributed by atoms with Gasteiger partial charge in [-0.3, -0.25) is 9.78 Å². The number of aryl methyl sites for hydroxylation is 3. The van der Waals surface area contributed by atoms with Gasteiger partial charge in [-0.2, -0.15) is 0 Å². The molecule has 0 aliphatic rings. The van der Waals surface area contributed by atoms with Gasteiger partial charge in [-0.25, -0.2) is 0 Å². The van der Waals surface area contributed by atoms with Crippen LogP contribution in [0.1, 0.15) is 34.1 Å². The third-order valence-corrected chi connectivity index (χ3v) is 3.13. The minimum Gasteiger partial charge on any atom is -0.385 e. The summed E-state index contributed by atoms with van der Waals surface area (Å²) in [5, 5.41) is 6.14. The first kappa shape index (κ1) is 15.0. The molecule has 21 heavy (non-hydrogen) atoms. The monoisotopic (exact) mass is 283 g/mol. The van der Waals surface area contributed by atoms with Gasteiger partial charge in [0.1, 0.15) is 0 Å². The molecule has 2 aromatic rings. The van der Waals surface area contributed by atoms with Crippen LogP contribution >= 0.6 is 0 Å². The van der Waals surface area contributed by atoms with Crippen molar-refractivity contribution in [3.63, 3.8) is 0 Å². The van der Waals surface area contributed by atoms with Gasteiger partial charge < -0.3 is 10.6 Å². The Hall–Kier alpha value is -2.36. The number of hydrogen-bond acceptors (Lipinski definition) is 3. The first-order chi connectivity index (χ1) is 9.99. The SMILES string of the molecule is CCNc1cc(C)ncc1C(=O)Nc1cc(C)cc(C)c1. The fourth-order valence-electron chi connectivity index (χ4n) is 2.32. The van der Waals surface area contributed by atoms with E-state index in [4.69, 9.17) is 0 Å². The summed E-state index contributed by atoms with van der Waals surface area (Å²) in [4.78, 5) is 16.7. The maximum atomic E-state index is 12.5. The highest BCUT2D eigenvalue weighted by atomic mass is 16.1. The Bertz CT molecular complexity index is 645. The van der Waals surface area contributed by atoms with Crippen LogP contribution in [0.3, 0.4) is 0 Å². The number of rotatable bonds is 4. The van der Waals surface area contributed by atoms with Crippen LogP contribution in [0.5, 0.6) is 0 Å². The number of carbonyl (C=O) groups is 1. The maximum absolute atomic E-state index is 12.5. The van der Waals surface area contributed by atoms with Crippen molar-refractivity contribution in [2.75, 3.05) is 17.2 Å². The van der Waals surface area contributed by atoms with Crippen molar-refractivity contribution in [3.05, 3.63) is 52.8 Å². The number of nitrogens with one attached hydrogen (secondary N) is 2. The van der Waals surface area contributed by atoms with Gasteiger partial charge in [0.05, 0.1) is 11.3 Å². The number of hydrogen-bond donors (Lipinski definition) is 2. The molecule has 4 heteroatoms. The van der Waals surface area contributed by atoms with Crippen LogP contribution in [-0.4, -0.2) is 17.4 Å². The fourth-order valence-corrected chi connectivity index (χ4v) is 2.32. The highest BCUT2D eigenvalue weighted by molar-refractivity contribution is 6.07. The molecular weight excluding hydrogens is 262 g/mol. The Morgan fingerprint density at radius 3 is 2.38 bits per heavy atom. The molecule has 0 saturated carbocycles. The van der Waals surface area contributed by atoms with Crippen molar-refractivity contribution < 1.29 is 4.79 Å². The summed E-state index contributed by atoms with van der Waals surface area (Å²) >= 11 is 0. The lowest BCUT2D eigenvalue weighted by Crippen LogP contribution is -2.15. The second-order valence-corrected chi connectivity index (χ2v) is 5.23. The molecule has 0 saturated heterocycles. The van der Waals surface area contributed by atoms with Crippen molar-refractivity contribution in [2.45, 2.75) is 27.7 Å². The van der Waals surface area contributed by atoms with Crippen molar-refractivity contribution in [1.29, 1.82) is 0 Å². The quantitative estimate of drug-likeness (QED) is 0.899. The number of nitrogens with zero attached hydrogens (tertiary/aromatic N) is 1. The zero-order valence-electron chi connectivity index (χ0n) is 12.9. The lowest BCUT2D eigenvalue weighted by Gasteiger charge is -2.12. The molecule has 0 radical (unpaired) electrons. The van der Waals surface area contributed by atoms with Crippen LogP contribution in [0.4, 0.5) is 11.4 Å². The van der Waals surface area contributed by atoms with E-state index in [1.807, 2.05) is 45.9 Å². The van der Waals surface area contributed by atoms with Crippen LogP contribution < -0.4 is 10.6 Å². The smallest absolute Gasteiger partial charge is 0.259 e. The zero-order chi connectivity index (χ0) is 15.4. The van der Waals surface area contributed by atoms with E-state index in [0.717, 1.165) is 34.7 Å². The molecular formula is C17H21N3O. The van der Waals surface area contributed by atoms with Gasteiger partial charge in [0, 0.05) is 24.1 Å². The highest BCUT2D eigenvalue weighted by Gasteiger charge is 2.12. The summed E-state index contributed by atoms with van der Waals surface area (Å²) in [6, 6.07) is 7.88. The Balaban J connectivity index is 2.27. The van der Waals surface area contributed by atoms with E-state index in [9.17, 15) is 4.79 Å². The van der Waals surface area contributed by atoms with Crippen LogP contribution in [0.15, 0.2) is 30.5 Å². The molecule has 1 aromatic heterocycles. The van der Waals surface area contributed by atoms with Crippen LogP contribution in [-0.2, 0) is 0 Å². The lowest BCUT2D eigenvalue weighted by atomic mass is 10.1. The van der Waals surface area contributed by atoms with E-state index in [1.54, 1.807) is 6.20 Å². The van der Waals surface area contributed by atoms with Gasteiger partial charge in [0.25, 0.3) is 5.91 Å². The predicted molar refractivity (Wildman–Crippen MR) is 87.0 cm³/mol. The van der Waals surface area contributed by atoms with E-state index in [2.05, 4.69) is 21.7 Å². The zero-order valence-corrected chi connectivity index (χ0v) is 12.9. The molecule has 1 heterocycles. The molecule has 0 spiro atoms. The van der Waals surface area contributed by atoms with Crippen molar-refractivity contribution in [2.24, 2.45) is 0 Å². The summed E-state index contributed by atoms with van der Waals surface area (Å²) in [5.74, 6) is -0.150. The molecule has 0 atom stereocenters. The Labute approximate surface area is 125 Å². The molecule has 0 fully saturated rings. The van der Waals surface area contributed by atoms with Gasteiger partial charge >= 0.3 is 0 Å². The van der Waals surface area contributed by atoms with Crippen molar-refractivity contribution >= 4 is 17.3 Å². The van der Waals surface area contributed by atoms with Crippen LogP contribution in [0.25, 0.3) is 0 Å². The second-order valence-electron chi connectivity index (χ2n) is 5.23. The normalized spacial score (nSPS) is 10.3. The molecule has 110 valence electrons. The Morgan fingerprint density at radius 2 is 1.76 bits per heavy atom. The molecule has 4 nitrogen and oxygen atoms in total. The van der Waals surface area contributed by atoms with Gasteiger partial charge in [-0.05, 0) is 57.0 Å². The summed E-state index contributed by atoms with van der Waals surface area (Å²) in [6.45, 7) is 8.70. The van der Waals surface area contributed by atoms with Gasteiger partial charge in [0.2, 0.25) is 0 Å². The molecule has 2 N–H and O–H groups in total. The Kier molecular flexibility index (Phi) is 4.58. The van der Waals surface area contributed by atoms with E-state index in [0.29, 0.717) is 5.56 Å². The molecule has 0 bridgehead atoms. The fraction of sp³-hybridized carbons (Fsp3) is 0.294. The Morgan fingerprint density at radius 1 is 1.10 bits per heavy atom. The number of aromatic nitrogens is 1. The molecule has 0 unspecified atom stereocenters. The predicted octanol–water partition coefficient (Wildman–Crippen LogP) is 3.69. The number of carbonyl (C=O) groups excluding carboxylic acids is 1. The minimum atomic E-state index is -0.150. The third-order valence-electron chi connectivity index (χ3n) is 3.13. The van der Waals surface area contributed by atoms with Gasteiger partial charge in [0.15, 0.2) is 0 Å². The number of amides is 1. The molecule has 0 aliphatic carbocycles. The number of benzene rings is 1. The molecule has 2 rings (SSSR count). The van der Waals surface area contributed by atoms with Crippen molar-refractivity contribution in [3.8, 4) is 0 Å². The van der Waals surface area contributed by atoms with Gasteiger partial charge in [-0.15, -0.1) is 0 Å². The number of pyridine rings is 1. The lowest BCUT2D eigenvalue weighted by molar-refractivity contribution is 0.102. The minimum absolute atomic E-state index is 0.150. The van der Waals surface area contributed by atoms with Crippen molar-refractivity contribution in [1.82, 2.24) is 4.98 Å². The first-order valence-electron chi connectivity index (χ1n) is 7.09.